The normalized spacial score (nSPS) is 15.7. The van der Waals surface area contributed by atoms with Gasteiger partial charge in [0, 0.05) is 11.8 Å². The van der Waals surface area contributed by atoms with Gasteiger partial charge in [0.1, 0.15) is 11.8 Å². The number of pyridine rings is 1. The van der Waals surface area contributed by atoms with Crippen LogP contribution in [0, 0.1) is 0 Å². The van der Waals surface area contributed by atoms with Crippen molar-refractivity contribution >= 4 is 29.2 Å². The van der Waals surface area contributed by atoms with E-state index in [-0.39, 0.29) is 18.1 Å². The molecule has 1 saturated heterocycles. The molecular formula is C24H20F3N5O4. The molecule has 9 nitrogen and oxygen atoms in total. The summed E-state index contributed by atoms with van der Waals surface area (Å²) >= 11 is 0. The molecule has 4 rings (SSSR count). The first-order valence-corrected chi connectivity index (χ1v) is 10.7. The molecule has 0 aliphatic carbocycles. The summed E-state index contributed by atoms with van der Waals surface area (Å²) in [7, 11) is 0. The molecule has 186 valence electrons. The fourth-order valence-electron chi connectivity index (χ4n) is 3.59. The lowest BCUT2D eigenvalue weighted by atomic mass is 10.2. The van der Waals surface area contributed by atoms with Crippen LogP contribution in [0.15, 0.2) is 73.1 Å². The molecule has 1 aliphatic rings. The van der Waals surface area contributed by atoms with Gasteiger partial charge in [-0.15, -0.1) is 13.2 Å². The molecule has 0 bridgehead atoms. The quantitative estimate of drug-likeness (QED) is 0.375. The average molecular weight is 499 g/mol. The second-order valence-corrected chi connectivity index (χ2v) is 7.78. The molecule has 0 radical (unpaired) electrons. The lowest BCUT2D eigenvalue weighted by Gasteiger charge is -2.21. The monoisotopic (exact) mass is 499 g/mol. The predicted octanol–water partition coefficient (Wildman–Crippen LogP) is 4.09. The fourth-order valence-corrected chi connectivity index (χ4v) is 3.59. The van der Waals surface area contributed by atoms with E-state index in [1.54, 1.807) is 43.3 Å². The van der Waals surface area contributed by atoms with E-state index in [4.69, 9.17) is 0 Å². The molecule has 4 amide bonds. The molecule has 0 saturated carbocycles. The molecule has 36 heavy (non-hydrogen) atoms. The largest absolute Gasteiger partial charge is 0.573 e. The number of aromatic nitrogens is 1. The third kappa shape index (κ3) is 5.37. The van der Waals surface area contributed by atoms with Crippen molar-refractivity contribution in [3.8, 4) is 5.75 Å². The highest BCUT2D eigenvalue weighted by Gasteiger charge is 2.43. The van der Waals surface area contributed by atoms with Crippen LogP contribution in [0.25, 0.3) is 0 Å². The van der Waals surface area contributed by atoms with Crippen LogP contribution >= 0.6 is 0 Å². The molecule has 1 aliphatic heterocycles. The van der Waals surface area contributed by atoms with Crippen LogP contribution in [0.1, 0.15) is 22.8 Å². The van der Waals surface area contributed by atoms with Gasteiger partial charge in [0.05, 0.1) is 24.1 Å². The topological polar surface area (TPSA) is 104 Å². The van der Waals surface area contributed by atoms with Gasteiger partial charge in [-0.3, -0.25) is 25.4 Å². The number of rotatable bonds is 7. The molecule has 1 unspecified atom stereocenters. The van der Waals surface area contributed by atoms with Crippen molar-refractivity contribution < 1.29 is 32.3 Å². The van der Waals surface area contributed by atoms with Gasteiger partial charge in [0.25, 0.3) is 11.8 Å². The summed E-state index contributed by atoms with van der Waals surface area (Å²) in [6, 6.07) is 13.1. The molecule has 1 aromatic heterocycles. The van der Waals surface area contributed by atoms with Crippen LogP contribution in [0.2, 0.25) is 0 Å². The van der Waals surface area contributed by atoms with E-state index in [0.29, 0.717) is 16.8 Å². The summed E-state index contributed by atoms with van der Waals surface area (Å²) in [5.41, 5.74) is 6.89. The van der Waals surface area contributed by atoms with Crippen LogP contribution in [0.3, 0.4) is 0 Å². The molecule has 12 heteroatoms. The average Bonchev–Trinajstić information content (AvgIpc) is 3.06. The number of carbonyl (C=O) groups excluding carboxylic acids is 3. The third-order valence-corrected chi connectivity index (χ3v) is 5.41. The maximum absolute atomic E-state index is 13.1. The van der Waals surface area contributed by atoms with Crippen LogP contribution in [-0.4, -0.2) is 40.1 Å². The Kier molecular flexibility index (Phi) is 6.77. The first-order chi connectivity index (χ1) is 17.1. The summed E-state index contributed by atoms with van der Waals surface area (Å²) in [5, 5.41) is 0. The molecular weight excluding hydrogens is 479 g/mol. The number of benzene rings is 2. The summed E-state index contributed by atoms with van der Waals surface area (Å²) in [5.74, 6) is -1.39. The number of nitrogens with one attached hydrogen (secondary N) is 2. The number of hydrazine groups is 1. The Bertz CT molecular complexity index is 1270. The summed E-state index contributed by atoms with van der Waals surface area (Å²) < 4.78 is 41.1. The molecule has 0 spiro atoms. The van der Waals surface area contributed by atoms with Crippen molar-refractivity contribution in [1.82, 2.24) is 15.3 Å². The first kappa shape index (κ1) is 24.5. The minimum Gasteiger partial charge on any atom is -0.406 e. The number of alkyl halides is 3. The van der Waals surface area contributed by atoms with Gasteiger partial charge in [-0.1, -0.05) is 18.2 Å². The Balaban J connectivity index is 1.48. The number of amides is 4. The SMILES string of the molecule is CC1C(=O)N(c2ccc(OC(F)(F)F)cc2)C(=O)N1Cc1ccncc1NNC(=O)c1ccccc1. The molecule has 3 aromatic rings. The number of nitrogens with zero attached hydrogens (tertiary/aromatic N) is 3. The second kappa shape index (κ2) is 9.94. The lowest BCUT2D eigenvalue weighted by molar-refractivity contribution is -0.274. The van der Waals surface area contributed by atoms with Crippen LogP contribution in [0.5, 0.6) is 5.75 Å². The Labute approximate surface area is 203 Å². The van der Waals surface area contributed by atoms with E-state index in [2.05, 4.69) is 20.6 Å². The number of ether oxygens (including phenoxy) is 1. The number of hydrogen-bond acceptors (Lipinski definition) is 6. The summed E-state index contributed by atoms with van der Waals surface area (Å²) in [6.45, 7) is 1.55. The molecule has 1 fully saturated rings. The van der Waals surface area contributed by atoms with E-state index >= 15 is 0 Å². The fraction of sp³-hybridized carbons (Fsp3) is 0.167. The lowest BCUT2D eigenvalue weighted by Crippen LogP contribution is -2.34. The number of hydrogen-bond donors (Lipinski definition) is 2. The van der Waals surface area contributed by atoms with Crippen LogP contribution in [-0.2, 0) is 11.3 Å². The third-order valence-electron chi connectivity index (χ3n) is 5.41. The van der Waals surface area contributed by atoms with Gasteiger partial charge in [0.15, 0.2) is 0 Å². The molecule has 2 heterocycles. The van der Waals surface area contributed by atoms with Crippen molar-refractivity contribution in [2.45, 2.75) is 25.9 Å². The zero-order valence-electron chi connectivity index (χ0n) is 18.8. The van der Waals surface area contributed by atoms with Gasteiger partial charge in [-0.05, 0) is 55.0 Å². The predicted molar refractivity (Wildman–Crippen MR) is 123 cm³/mol. The van der Waals surface area contributed by atoms with E-state index in [1.807, 2.05) is 0 Å². The maximum Gasteiger partial charge on any atom is 0.573 e. The van der Waals surface area contributed by atoms with E-state index < -0.39 is 30.1 Å². The standard InChI is InChI=1S/C24H20F3N5O4/c1-15-22(34)32(18-7-9-19(10-8-18)36-24(25,26)27)23(35)31(15)14-17-11-12-28-13-20(17)29-30-21(33)16-5-3-2-4-6-16/h2-13,15,29H,14H2,1H3,(H,30,33). The highest BCUT2D eigenvalue weighted by Crippen LogP contribution is 2.30. The van der Waals surface area contributed by atoms with Crippen molar-refractivity contribution in [3.05, 3.63) is 84.2 Å². The zero-order valence-corrected chi connectivity index (χ0v) is 18.8. The van der Waals surface area contributed by atoms with Crippen molar-refractivity contribution in [2.75, 3.05) is 10.3 Å². The first-order valence-electron chi connectivity index (χ1n) is 10.7. The molecule has 1 atom stereocenters. The van der Waals surface area contributed by atoms with E-state index in [1.165, 1.54) is 29.4 Å². The van der Waals surface area contributed by atoms with Gasteiger partial charge >= 0.3 is 12.4 Å². The van der Waals surface area contributed by atoms with Crippen molar-refractivity contribution in [2.24, 2.45) is 0 Å². The van der Waals surface area contributed by atoms with Crippen LogP contribution < -0.4 is 20.5 Å². The van der Waals surface area contributed by atoms with Crippen molar-refractivity contribution in [3.63, 3.8) is 0 Å². The highest BCUT2D eigenvalue weighted by atomic mass is 19.4. The number of anilines is 2. The Morgan fingerprint density at radius 1 is 1.06 bits per heavy atom. The smallest absolute Gasteiger partial charge is 0.406 e. The van der Waals surface area contributed by atoms with E-state index in [0.717, 1.165) is 17.0 Å². The number of carbonyl (C=O) groups is 3. The molecule has 2 aromatic carbocycles. The second-order valence-electron chi connectivity index (χ2n) is 7.78. The zero-order chi connectivity index (χ0) is 25.9. The molecule has 2 N–H and O–H groups in total. The van der Waals surface area contributed by atoms with Crippen LogP contribution in [0.4, 0.5) is 29.3 Å². The van der Waals surface area contributed by atoms with Gasteiger partial charge in [-0.25, -0.2) is 9.69 Å². The Morgan fingerprint density at radius 2 is 1.75 bits per heavy atom. The number of urea groups is 1. The minimum atomic E-state index is -4.86. The Hall–Kier alpha value is -4.61. The van der Waals surface area contributed by atoms with Gasteiger partial charge in [0.2, 0.25) is 0 Å². The van der Waals surface area contributed by atoms with Crippen molar-refractivity contribution in [1.29, 1.82) is 0 Å². The number of imide groups is 1. The summed E-state index contributed by atoms with van der Waals surface area (Å²) in [6.07, 6.45) is -1.89. The minimum absolute atomic E-state index is 0.00354. The summed E-state index contributed by atoms with van der Waals surface area (Å²) in [4.78, 5) is 44.6. The number of halogens is 3. The highest BCUT2D eigenvalue weighted by molar-refractivity contribution is 6.21. The van der Waals surface area contributed by atoms with E-state index in [9.17, 15) is 27.6 Å². The Morgan fingerprint density at radius 3 is 2.42 bits per heavy atom. The van der Waals surface area contributed by atoms with Gasteiger partial charge in [-0.2, -0.15) is 0 Å². The van der Waals surface area contributed by atoms with Gasteiger partial charge < -0.3 is 9.64 Å². The maximum atomic E-state index is 13.1.